The fourth-order valence-corrected chi connectivity index (χ4v) is 2.96. The molecule has 21 heavy (non-hydrogen) atoms. The maximum atomic E-state index is 4.24. The number of hydrogen-bond donors (Lipinski definition) is 1. The molecular formula is C17H24BrN3. The Hall–Kier alpha value is -1.13. The molecule has 0 spiro atoms. The third kappa shape index (κ3) is 5.64. The summed E-state index contributed by atoms with van der Waals surface area (Å²) in [5.74, 6) is 0. The van der Waals surface area contributed by atoms with Crippen LogP contribution < -0.4 is 5.32 Å². The summed E-state index contributed by atoms with van der Waals surface area (Å²) in [7, 11) is 1.97. The second-order valence-electron chi connectivity index (χ2n) is 5.55. The van der Waals surface area contributed by atoms with E-state index in [1.54, 1.807) is 0 Å². The summed E-state index contributed by atoms with van der Waals surface area (Å²) in [5, 5.41) is 7.91. The van der Waals surface area contributed by atoms with Gasteiger partial charge in [-0.3, -0.25) is 4.68 Å². The lowest BCUT2D eigenvalue weighted by atomic mass is 10.00. The predicted molar refractivity (Wildman–Crippen MR) is 91.5 cm³/mol. The zero-order chi connectivity index (χ0) is 15.1. The molecule has 2 rings (SSSR count). The van der Waals surface area contributed by atoms with Crippen molar-refractivity contribution in [3.63, 3.8) is 0 Å². The average Bonchev–Trinajstić information content (AvgIpc) is 2.87. The number of aromatic nitrogens is 2. The fraction of sp³-hybridized carbons (Fsp3) is 0.471. The normalized spacial score (nSPS) is 12.5. The highest BCUT2D eigenvalue weighted by Gasteiger charge is 2.10. The molecule has 0 saturated heterocycles. The van der Waals surface area contributed by atoms with Crippen LogP contribution in [0.25, 0.3) is 0 Å². The minimum absolute atomic E-state index is 0.513. The Balaban J connectivity index is 1.93. The highest BCUT2D eigenvalue weighted by atomic mass is 79.9. The highest BCUT2D eigenvalue weighted by Crippen LogP contribution is 2.15. The molecule has 2 aromatic rings. The smallest absolute Gasteiger partial charge is 0.0521 e. The van der Waals surface area contributed by atoms with Crippen molar-refractivity contribution in [1.82, 2.24) is 15.1 Å². The van der Waals surface area contributed by atoms with Crippen molar-refractivity contribution in [3.8, 4) is 0 Å². The molecule has 4 heteroatoms. The summed E-state index contributed by atoms with van der Waals surface area (Å²) in [6, 6.07) is 9.12. The molecule has 1 unspecified atom stereocenters. The van der Waals surface area contributed by atoms with Crippen molar-refractivity contribution in [2.45, 2.75) is 38.6 Å². The third-order valence-electron chi connectivity index (χ3n) is 3.59. The van der Waals surface area contributed by atoms with Gasteiger partial charge in [0.05, 0.1) is 6.20 Å². The predicted octanol–water partition coefficient (Wildman–Crippen LogP) is 3.73. The Morgan fingerprint density at radius 2 is 2.19 bits per heavy atom. The van der Waals surface area contributed by atoms with Crippen LogP contribution in [0.15, 0.2) is 41.1 Å². The maximum Gasteiger partial charge on any atom is 0.0521 e. The first-order valence-electron chi connectivity index (χ1n) is 7.62. The van der Waals surface area contributed by atoms with E-state index in [1.165, 1.54) is 17.5 Å². The van der Waals surface area contributed by atoms with Gasteiger partial charge in [0.15, 0.2) is 0 Å². The molecule has 3 nitrogen and oxygen atoms in total. The Bertz CT molecular complexity index is 550. The zero-order valence-corrected chi connectivity index (χ0v) is 14.4. The average molecular weight is 350 g/mol. The number of rotatable bonds is 8. The minimum atomic E-state index is 0.513. The maximum absolute atomic E-state index is 4.24. The van der Waals surface area contributed by atoms with Crippen LogP contribution >= 0.6 is 15.9 Å². The Labute approximate surface area is 135 Å². The largest absolute Gasteiger partial charge is 0.314 e. The molecule has 114 valence electrons. The Morgan fingerprint density at radius 1 is 1.33 bits per heavy atom. The molecule has 0 saturated carbocycles. The quantitative estimate of drug-likeness (QED) is 0.786. The van der Waals surface area contributed by atoms with E-state index in [9.17, 15) is 0 Å². The van der Waals surface area contributed by atoms with Crippen LogP contribution in [0.1, 0.15) is 30.9 Å². The number of hydrogen-bond acceptors (Lipinski definition) is 2. The van der Waals surface area contributed by atoms with E-state index in [0.29, 0.717) is 6.04 Å². The fourth-order valence-electron chi connectivity index (χ4n) is 2.52. The van der Waals surface area contributed by atoms with Gasteiger partial charge in [-0.05, 0) is 55.5 Å². The van der Waals surface area contributed by atoms with Crippen LogP contribution in [0.5, 0.6) is 0 Å². The van der Waals surface area contributed by atoms with Crippen molar-refractivity contribution >= 4 is 15.9 Å². The molecule has 1 N–H and O–H groups in total. The van der Waals surface area contributed by atoms with Gasteiger partial charge in [-0.15, -0.1) is 0 Å². The molecule has 0 aliphatic heterocycles. The van der Waals surface area contributed by atoms with Gasteiger partial charge in [0.25, 0.3) is 0 Å². The van der Waals surface area contributed by atoms with E-state index in [4.69, 9.17) is 0 Å². The van der Waals surface area contributed by atoms with Crippen LogP contribution in [0.2, 0.25) is 0 Å². The zero-order valence-electron chi connectivity index (χ0n) is 12.8. The summed E-state index contributed by atoms with van der Waals surface area (Å²) in [5.41, 5.74) is 2.69. The van der Waals surface area contributed by atoms with Crippen molar-refractivity contribution in [2.24, 2.45) is 7.05 Å². The van der Waals surface area contributed by atoms with Gasteiger partial charge < -0.3 is 5.32 Å². The van der Waals surface area contributed by atoms with Crippen LogP contribution in [0, 0.1) is 0 Å². The summed E-state index contributed by atoms with van der Waals surface area (Å²) < 4.78 is 3.03. The lowest BCUT2D eigenvalue weighted by Gasteiger charge is -2.18. The molecule has 1 heterocycles. The van der Waals surface area contributed by atoms with Crippen molar-refractivity contribution < 1.29 is 0 Å². The molecule has 1 aromatic heterocycles. The Morgan fingerprint density at radius 3 is 2.86 bits per heavy atom. The van der Waals surface area contributed by atoms with E-state index in [0.717, 1.165) is 30.3 Å². The summed E-state index contributed by atoms with van der Waals surface area (Å²) in [6.07, 6.45) is 8.52. The Kier molecular flexibility index (Phi) is 6.46. The molecule has 0 radical (unpaired) electrons. The second-order valence-corrected chi connectivity index (χ2v) is 6.46. The first-order valence-corrected chi connectivity index (χ1v) is 8.42. The van der Waals surface area contributed by atoms with Gasteiger partial charge in [-0.2, -0.15) is 5.10 Å². The summed E-state index contributed by atoms with van der Waals surface area (Å²) in [6.45, 7) is 3.29. The molecule has 0 bridgehead atoms. The van der Waals surface area contributed by atoms with E-state index < -0.39 is 0 Å². The minimum Gasteiger partial charge on any atom is -0.314 e. The number of nitrogens with one attached hydrogen (secondary N) is 1. The van der Waals surface area contributed by atoms with E-state index in [1.807, 2.05) is 17.9 Å². The lowest BCUT2D eigenvalue weighted by molar-refractivity contribution is 0.477. The third-order valence-corrected chi connectivity index (χ3v) is 4.09. The molecule has 0 fully saturated rings. The van der Waals surface area contributed by atoms with Gasteiger partial charge in [-0.1, -0.05) is 35.0 Å². The summed E-state index contributed by atoms with van der Waals surface area (Å²) in [4.78, 5) is 0. The van der Waals surface area contributed by atoms with E-state index >= 15 is 0 Å². The van der Waals surface area contributed by atoms with Gasteiger partial charge in [0.1, 0.15) is 0 Å². The number of nitrogens with zero attached hydrogens (tertiary/aromatic N) is 2. The molecule has 1 aromatic carbocycles. The standard InChI is InChI=1S/C17H24BrN3/c1-3-9-19-17(8-7-15-12-20-21(2)13-15)11-14-5-4-6-16(18)10-14/h4-6,10,12-13,17,19H,3,7-9,11H2,1-2H3. The van der Waals surface area contributed by atoms with E-state index in [-0.39, 0.29) is 0 Å². The van der Waals surface area contributed by atoms with Gasteiger partial charge in [-0.25, -0.2) is 0 Å². The topological polar surface area (TPSA) is 29.9 Å². The molecule has 0 aliphatic carbocycles. The number of halogens is 1. The van der Waals surface area contributed by atoms with Crippen molar-refractivity contribution in [2.75, 3.05) is 6.54 Å². The first-order chi connectivity index (χ1) is 10.2. The summed E-state index contributed by atoms with van der Waals surface area (Å²) >= 11 is 3.55. The number of aryl methyl sites for hydroxylation is 2. The van der Waals surface area contributed by atoms with E-state index in [2.05, 4.69) is 63.7 Å². The highest BCUT2D eigenvalue weighted by molar-refractivity contribution is 9.10. The van der Waals surface area contributed by atoms with Crippen LogP contribution in [0.4, 0.5) is 0 Å². The first kappa shape index (κ1) is 16.2. The van der Waals surface area contributed by atoms with Crippen LogP contribution in [-0.2, 0) is 19.9 Å². The van der Waals surface area contributed by atoms with Crippen molar-refractivity contribution in [1.29, 1.82) is 0 Å². The van der Waals surface area contributed by atoms with Gasteiger partial charge >= 0.3 is 0 Å². The number of benzene rings is 1. The molecule has 1 atom stereocenters. The lowest BCUT2D eigenvalue weighted by Crippen LogP contribution is -2.32. The van der Waals surface area contributed by atoms with Gasteiger partial charge in [0.2, 0.25) is 0 Å². The SMILES string of the molecule is CCCNC(CCc1cnn(C)c1)Cc1cccc(Br)c1. The molecule has 0 amide bonds. The van der Waals surface area contributed by atoms with Gasteiger partial charge in [0, 0.05) is 23.8 Å². The van der Waals surface area contributed by atoms with Crippen molar-refractivity contribution in [3.05, 3.63) is 52.3 Å². The second kappa shape index (κ2) is 8.35. The monoisotopic (exact) mass is 349 g/mol. The molecular weight excluding hydrogens is 326 g/mol. The molecule has 0 aliphatic rings. The van der Waals surface area contributed by atoms with Crippen LogP contribution in [-0.4, -0.2) is 22.4 Å². The van der Waals surface area contributed by atoms with Crippen LogP contribution in [0.3, 0.4) is 0 Å².